The molecule has 39 heavy (non-hydrogen) atoms. The summed E-state index contributed by atoms with van der Waals surface area (Å²) < 4.78 is 32.3. The summed E-state index contributed by atoms with van der Waals surface area (Å²) in [7, 11) is 0.754. The van der Waals surface area contributed by atoms with E-state index in [2.05, 4.69) is 20.6 Å². The SMILES string of the molecule is COc1cc(-c2ccc(C(N)=O)cc2)c(C)cc1Nc1ncc(Cl)c(Nc2ccccc2S(=O)(=O)N(C)C)n1. The van der Waals surface area contributed by atoms with Gasteiger partial charge in [-0.1, -0.05) is 35.9 Å². The Hall–Kier alpha value is -4.19. The number of nitrogens with zero attached hydrogens (tertiary/aromatic N) is 3. The van der Waals surface area contributed by atoms with Crippen molar-refractivity contribution in [3.05, 3.63) is 83.0 Å². The largest absolute Gasteiger partial charge is 0.495 e. The number of halogens is 1. The molecule has 3 aromatic carbocycles. The molecule has 0 spiro atoms. The molecular weight excluding hydrogens is 540 g/mol. The number of aromatic nitrogens is 2. The number of hydrogen-bond acceptors (Lipinski definition) is 8. The molecule has 0 unspecified atom stereocenters. The van der Waals surface area contributed by atoms with Gasteiger partial charge in [0.2, 0.25) is 21.9 Å². The zero-order valence-corrected chi connectivity index (χ0v) is 23.3. The maximum Gasteiger partial charge on any atom is 0.248 e. The Morgan fingerprint density at radius 3 is 2.36 bits per heavy atom. The lowest BCUT2D eigenvalue weighted by molar-refractivity contribution is 0.100. The number of rotatable bonds is 9. The van der Waals surface area contributed by atoms with E-state index >= 15 is 0 Å². The number of nitrogens with one attached hydrogen (secondary N) is 2. The summed E-state index contributed by atoms with van der Waals surface area (Å²) in [5, 5.41) is 6.37. The van der Waals surface area contributed by atoms with Gasteiger partial charge in [-0.15, -0.1) is 0 Å². The van der Waals surface area contributed by atoms with Crippen molar-refractivity contribution >= 4 is 50.7 Å². The summed E-state index contributed by atoms with van der Waals surface area (Å²) in [5.74, 6) is 0.476. The first-order chi connectivity index (χ1) is 18.5. The lowest BCUT2D eigenvalue weighted by Crippen LogP contribution is -2.23. The highest BCUT2D eigenvalue weighted by Crippen LogP contribution is 2.36. The Balaban J connectivity index is 1.65. The van der Waals surface area contributed by atoms with Crippen molar-refractivity contribution in [2.24, 2.45) is 5.73 Å². The third-order valence-corrected chi connectivity index (χ3v) is 8.07. The van der Waals surface area contributed by atoms with Crippen molar-refractivity contribution in [1.29, 1.82) is 0 Å². The number of carbonyl (C=O) groups is 1. The Bertz CT molecular complexity index is 1640. The number of aryl methyl sites for hydroxylation is 1. The van der Waals surface area contributed by atoms with Gasteiger partial charge in [0, 0.05) is 19.7 Å². The number of hydrogen-bond donors (Lipinski definition) is 3. The van der Waals surface area contributed by atoms with Gasteiger partial charge in [0.05, 0.1) is 24.7 Å². The first-order valence-corrected chi connectivity index (χ1v) is 13.5. The van der Waals surface area contributed by atoms with E-state index in [9.17, 15) is 13.2 Å². The van der Waals surface area contributed by atoms with Crippen LogP contribution in [0.5, 0.6) is 5.75 Å². The molecule has 4 rings (SSSR count). The van der Waals surface area contributed by atoms with Gasteiger partial charge in [0.15, 0.2) is 5.82 Å². The molecule has 0 aliphatic heterocycles. The fourth-order valence-corrected chi connectivity index (χ4v) is 5.01. The summed E-state index contributed by atoms with van der Waals surface area (Å²) in [6, 6.07) is 17.2. The molecular formula is C27H27ClN6O4S. The van der Waals surface area contributed by atoms with Gasteiger partial charge in [0.1, 0.15) is 15.7 Å². The first kappa shape index (κ1) is 27.8. The molecule has 0 aliphatic carbocycles. The van der Waals surface area contributed by atoms with E-state index in [1.807, 2.05) is 31.2 Å². The topological polar surface area (TPSA) is 140 Å². The van der Waals surface area contributed by atoms with Crippen LogP contribution >= 0.6 is 11.6 Å². The lowest BCUT2D eigenvalue weighted by Gasteiger charge is -2.17. The average Bonchev–Trinajstić information content (AvgIpc) is 2.91. The molecule has 0 saturated heterocycles. The van der Waals surface area contributed by atoms with Gasteiger partial charge in [-0.3, -0.25) is 4.79 Å². The average molecular weight is 567 g/mol. The van der Waals surface area contributed by atoms with Crippen molar-refractivity contribution in [3.63, 3.8) is 0 Å². The Labute approximate surface area is 231 Å². The van der Waals surface area contributed by atoms with Crippen molar-refractivity contribution in [2.45, 2.75) is 11.8 Å². The quantitative estimate of drug-likeness (QED) is 0.258. The fourth-order valence-electron chi connectivity index (χ4n) is 3.83. The van der Waals surface area contributed by atoms with Gasteiger partial charge < -0.3 is 21.1 Å². The summed E-state index contributed by atoms with van der Waals surface area (Å²) in [5.41, 5.74) is 9.43. The van der Waals surface area contributed by atoms with E-state index in [1.165, 1.54) is 26.4 Å². The van der Waals surface area contributed by atoms with Crippen LogP contribution in [0.1, 0.15) is 15.9 Å². The van der Waals surface area contributed by atoms with Crippen molar-refractivity contribution in [2.75, 3.05) is 31.8 Å². The van der Waals surface area contributed by atoms with E-state index in [-0.39, 0.29) is 21.7 Å². The van der Waals surface area contributed by atoms with Crippen LogP contribution in [0.2, 0.25) is 5.02 Å². The number of para-hydroxylation sites is 1. The molecule has 1 heterocycles. The van der Waals surface area contributed by atoms with E-state index in [1.54, 1.807) is 37.4 Å². The molecule has 10 nitrogen and oxygen atoms in total. The number of anilines is 4. The van der Waals surface area contributed by atoms with Gasteiger partial charge >= 0.3 is 0 Å². The van der Waals surface area contributed by atoms with Crippen molar-refractivity contribution in [3.8, 4) is 16.9 Å². The van der Waals surface area contributed by atoms with Crippen LogP contribution in [-0.4, -0.2) is 49.8 Å². The molecule has 1 amide bonds. The van der Waals surface area contributed by atoms with Crippen LogP contribution < -0.4 is 21.1 Å². The molecule has 1 aromatic heterocycles. The van der Waals surface area contributed by atoms with Gasteiger partial charge in [-0.25, -0.2) is 17.7 Å². The number of nitrogens with two attached hydrogens (primary N) is 1. The Morgan fingerprint density at radius 2 is 1.72 bits per heavy atom. The number of carbonyl (C=O) groups excluding carboxylic acids is 1. The third-order valence-electron chi connectivity index (χ3n) is 5.92. The number of ether oxygens (including phenoxy) is 1. The maximum atomic E-state index is 12.8. The molecule has 0 aliphatic rings. The number of amides is 1. The number of primary amides is 1. The highest BCUT2D eigenvalue weighted by molar-refractivity contribution is 7.89. The van der Waals surface area contributed by atoms with Crippen molar-refractivity contribution < 1.29 is 17.9 Å². The minimum absolute atomic E-state index is 0.0796. The monoisotopic (exact) mass is 566 g/mol. The second-order valence-corrected chi connectivity index (χ2v) is 11.3. The normalized spacial score (nSPS) is 11.3. The van der Waals surface area contributed by atoms with Crippen molar-refractivity contribution in [1.82, 2.24) is 14.3 Å². The van der Waals surface area contributed by atoms with Crippen LogP contribution in [0.3, 0.4) is 0 Å². The minimum Gasteiger partial charge on any atom is -0.495 e. The van der Waals surface area contributed by atoms with E-state index < -0.39 is 15.9 Å². The van der Waals surface area contributed by atoms with E-state index in [0.29, 0.717) is 22.7 Å². The van der Waals surface area contributed by atoms with Crippen LogP contribution in [0.4, 0.5) is 23.1 Å². The minimum atomic E-state index is -3.72. The molecule has 202 valence electrons. The third kappa shape index (κ3) is 5.95. The zero-order valence-electron chi connectivity index (χ0n) is 21.7. The molecule has 0 bridgehead atoms. The lowest BCUT2D eigenvalue weighted by atomic mass is 9.98. The van der Waals surface area contributed by atoms with Crippen LogP contribution in [0.25, 0.3) is 11.1 Å². The molecule has 12 heteroatoms. The molecule has 0 atom stereocenters. The summed E-state index contributed by atoms with van der Waals surface area (Å²) in [6.07, 6.45) is 1.41. The van der Waals surface area contributed by atoms with E-state index in [4.69, 9.17) is 22.1 Å². The highest BCUT2D eigenvalue weighted by atomic mass is 35.5. The summed E-state index contributed by atoms with van der Waals surface area (Å²) in [4.78, 5) is 20.2. The standard InChI is InChI=1S/C27H27ClN6O4S/c1-16-13-22(23(38-4)14-19(16)17-9-11-18(12-10-17)25(29)35)32-27-30-15-20(28)26(33-27)31-21-7-5-6-8-24(21)39(36,37)34(2)3/h5-15H,1-4H3,(H2,29,35)(H2,30,31,32,33). The summed E-state index contributed by atoms with van der Waals surface area (Å²) in [6.45, 7) is 1.94. The molecule has 4 N–H and O–H groups in total. The van der Waals surface area contributed by atoms with Gasteiger partial charge in [0.25, 0.3) is 0 Å². The molecule has 4 aromatic rings. The smallest absolute Gasteiger partial charge is 0.248 e. The predicted molar refractivity (Wildman–Crippen MR) is 153 cm³/mol. The van der Waals surface area contributed by atoms with Gasteiger partial charge in [-0.2, -0.15) is 4.98 Å². The van der Waals surface area contributed by atoms with Crippen LogP contribution in [0, 0.1) is 6.92 Å². The Kier molecular flexibility index (Phi) is 8.05. The predicted octanol–water partition coefficient (Wildman–Crippen LogP) is 4.95. The number of sulfonamides is 1. The van der Waals surface area contributed by atoms with E-state index in [0.717, 1.165) is 21.0 Å². The Morgan fingerprint density at radius 1 is 1.03 bits per heavy atom. The molecule has 0 fully saturated rings. The summed E-state index contributed by atoms with van der Waals surface area (Å²) >= 11 is 6.35. The molecule has 0 saturated carbocycles. The second kappa shape index (κ2) is 11.3. The maximum absolute atomic E-state index is 12.8. The zero-order chi connectivity index (χ0) is 28.3. The first-order valence-electron chi connectivity index (χ1n) is 11.7. The molecule has 0 radical (unpaired) electrons. The second-order valence-electron chi connectivity index (χ2n) is 8.73. The number of benzene rings is 3. The van der Waals surface area contributed by atoms with Gasteiger partial charge in [-0.05, 0) is 60.0 Å². The number of methoxy groups -OCH3 is 1. The highest BCUT2D eigenvalue weighted by Gasteiger charge is 2.22. The van der Waals surface area contributed by atoms with Crippen LogP contribution in [-0.2, 0) is 10.0 Å². The fraction of sp³-hybridized carbons (Fsp3) is 0.148. The van der Waals surface area contributed by atoms with Crippen LogP contribution in [0.15, 0.2) is 71.8 Å².